The van der Waals surface area contributed by atoms with Gasteiger partial charge >= 0.3 is 32.8 Å². The molecule has 0 aliphatic carbocycles. The fourth-order valence-corrected chi connectivity index (χ4v) is 5.71. The maximum absolute atomic E-state index is 14.9. The standard InChI is InChI=1S/C18H22FN3O11P2/c1-2-20-9-11(16(24)25)15(23)10-7-12(19)14(8-13(10)20)21-3-5-22(6-4-21)17(26)33-18(34(27,28)29)35(30,31)32/h7-9,18H,2-6H2,1H3,(H,24,25)(H2,27,28,29)(H2,30,31,32). The summed E-state index contributed by atoms with van der Waals surface area (Å²) in [6.07, 6.45) is -0.192. The minimum atomic E-state index is -5.47. The number of aryl methyl sites for hydroxylation is 1. The molecule has 1 saturated heterocycles. The molecule has 1 aliphatic rings. The van der Waals surface area contributed by atoms with E-state index in [2.05, 4.69) is 4.74 Å². The molecule has 1 fully saturated rings. The monoisotopic (exact) mass is 537 g/mol. The van der Waals surface area contributed by atoms with Crippen molar-refractivity contribution in [3.05, 3.63) is 39.9 Å². The Morgan fingerprint density at radius 2 is 1.66 bits per heavy atom. The minimum Gasteiger partial charge on any atom is -0.477 e. The molecular formula is C18H22FN3O11P2. The normalized spacial score (nSPS) is 15.1. The molecule has 0 bridgehead atoms. The summed E-state index contributed by atoms with van der Waals surface area (Å²) in [4.78, 5) is 74.9. The second kappa shape index (κ2) is 9.69. The summed E-state index contributed by atoms with van der Waals surface area (Å²) >= 11 is 0. The van der Waals surface area contributed by atoms with E-state index < -0.39 is 49.6 Å². The van der Waals surface area contributed by atoms with Gasteiger partial charge in [0, 0.05) is 44.3 Å². The van der Waals surface area contributed by atoms with Gasteiger partial charge in [0.1, 0.15) is 11.4 Å². The van der Waals surface area contributed by atoms with Gasteiger partial charge in [-0.05, 0) is 19.1 Å². The molecule has 1 aliphatic heterocycles. The number of hydrogen-bond acceptors (Lipinski definition) is 7. The number of nitrogens with zero attached hydrogens (tertiary/aromatic N) is 3. The summed E-state index contributed by atoms with van der Waals surface area (Å²) in [6.45, 7) is 1.76. The van der Waals surface area contributed by atoms with Crippen LogP contribution >= 0.6 is 15.2 Å². The van der Waals surface area contributed by atoms with Crippen molar-refractivity contribution in [2.45, 2.75) is 19.1 Å². The van der Waals surface area contributed by atoms with Crippen LogP contribution in [0.3, 0.4) is 0 Å². The van der Waals surface area contributed by atoms with Crippen molar-refractivity contribution >= 4 is 43.8 Å². The van der Waals surface area contributed by atoms with Crippen LogP contribution in [0.1, 0.15) is 17.3 Å². The van der Waals surface area contributed by atoms with Crippen LogP contribution in [0.25, 0.3) is 10.9 Å². The maximum Gasteiger partial charge on any atom is 0.411 e. The fraction of sp³-hybridized carbons (Fsp3) is 0.389. The molecule has 17 heteroatoms. The lowest BCUT2D eigenvalue weighted by molar-refractivity contribution is 0.0694. The number of ether oxygens (including phenoxy) is 1. The van der Waals surface area contributed by atoms with Crippen molar-refractivity contribution in [2.75, 3.05) is 31.1 Å². The molecular weight excluding hydrogens is 515 g/mol. The molecule has 0 atom stereocenters. The minimum absolute atomic E-state index is 0.0115. The van der Waals surface area contributed by atoms with Crippen molar-refractivity contribution in [3.63, 3.8) is 0 Å². The highest BCUT2D eigenvalue weighted by molar-refractivity contribution is 7.70. The first-order valence-electron chi connectivity index (χ1n) is 10.1. The van der Waals surface area contributed by atoms with E-state index >= 15 is 0 Å². The molecule has 0 radical (unpaired) electrons. The van der Waals surface area contributed by atoms with E-state index in [1.807, 2.05) is 0 Å². The van der Waals surface area contributed by atoms with Crippen molar-refractivity contribution in [1.29, 1.82) is 0 Å². The number of hydrogen-bond donors (Lipinski definition) is 5. The van der Waals surface area contributed by atoms with Gasteiger partial charge < -0.3 is 43.8 Å². The molecule has 2 heterocycles. The second-order valence-corrected chi connectivity index (χ2v) is 11.3. The molecule has 0 spiro atoms. The molecule has 192 valence electrons. The fourth-order valence-electron chi connectivity index (χ4n) is 3.68. The largest absolute Gasteiger partial charge is 0.477 e. The van der Waals surface area contributed by atoms with Gasteiger partial charge in [-0.15, -0.1) is 0 Å². The van der Waals surface area contributed by atoms with E-state index in [9.17, 15) is 33.0 Å². The Morgan fingerprint density at radius 3 is 2.14 bits per heavy atom. The number of halogens is 1. The molecule has 35 heavy (non-hydrogen) atoms. The van der Waals surface area contributed by atoms with Gasteiger partial charge in [-0.3, -0.25) is 13.9 Å². The van der Waals surface area contributed by atoms with Crippen LogP contribution in [0.5, 0.6) is 0 Å². The van der Waals surface area contributed by atoms with Crippen LogP contribution in [0.4, 0.5) is 14.9 Å². The molecule has 1 amide bonds. The first-order valence-corrected chi connectivity index (χ1v) is 13.4. The summed E-state index contributed by atoms with van der Waals surface area (Å²) in [5, 5.41) is 9.13. The summed E-state index contributed by atoms with van der Waals surface area (Å²) in [7, 11) is -10.9. The maximum atomic E-state index is 14.9. The third-order valence-electron chi connectivity index (χ3n) is 5.38. The number of aromatic nitrogens is 1. The highest BCUT2D eigenvalue weighted by Crippen LogP contribution is 2.60. The van der Waals surface area contributed by atoms with Gasteiger partial charge in [-0.2, -0.15) is 0 Å². The van der Waals surface area contributed by atoms with E-state index in [1.165, 1.54) is 21.7 Å². The molecule has 5 N–H and O–H groups in total. The molecule has 1 aromatic carbocycles. The Balaban J connectivity index is 1.83. The Morgan fingerprint density at radius 1 is 1.09 bits per heavy atom. The lowest BCUT2D eigenvalue weighted by Crippen LogP contribution is -2.49. The van der Waals surface area contributed by atoms with Crippen LogP contribution in [0.2, 0.25) is 0 Å². The average molecular weight is 537 g/mol. The Labute approximate surface area is 196 Å². The highest BCUT2D eigenvalue weighted by atomic mass is 31.2. The number of piperazine rings is 1. The number of benzene rings is 1. The number of carboxylic acids is 1. The smallest absolute Gasteiger partial charge is 0.411 e. The molecule has 2 aromatic rings. The zero-order valence-electron chi connectivity index (χ0n) is 18.1. The van der Waals surface area contributed by atoms with Gasteiger partial charge in [0.2, 0.25) is 5.43 Å². The number of carboxylic acid groups (broad SMARTS) is 1. The number of carbonyl (C=O) groups is 2. The lowest BCUT2D eigenvalue weighted by Gasteiger charge is -2.36. The number of amides is 1. The van der Waals surface area contributed by atoms with Crippen molar-refractivity contribution in [3.8, 4) is 0 Å². The average Bonchev–Trinajstić information content (AvgIpc) is 2.76. The summed E-state index contributed by atoms with van der Waals surface area (Å²) in [5.41, 5.74) is -3.91. The molecule has 14 nitrogen and oxygen atoms in total. The van der Waals surface area contributed by atoms with Gasteiger partial charge in [-0.1, -0.05) is 0 Å². The van der Waals surface area contributed by atoms with Gasteiger partial charge in [0.05, 0.1) is 11.2 Å². The van der Waals surface area contributed by atoms with Crippen molar-refractivity contribution in [2.24, 2.45) is 0 Å². The molecule has 3 rings (SSSR count). The van der Waals surface area contributed by atoms with Crippen molar-refractivity contribution in [1.82, 2.24) is 9.47 Å². The van der Waals surface area contributed by atoms with Crippen molar-refractivity contribution < 1.29 is 52.5 Å². The Hall–Kier alpha value is -2.80. The van der Waals surface area contributed by atoms with E-state index in [-0.39, 0.29) is 37.3 Å². The quantitative estimate of drug-likeness (QED) is 0.324. The van der Waals surface area contributed by atoms with Crippen LogP contribution in [0, 0.1) is 5.82 Å². The number of aromatic carboxylic acids is 1. The third kappa shape index (κ3) is 5.56. The summed E-state index contributed by atoms with van der Waals surface area (Å²) < 4.78 is 43.4. The predicted molar refractivity (Wildman–Crippen MR) is 119 cm³/mol. The molecule has 0 saturated carbocycles. The summed E-state index contributed by atoms with van der Waals surface area (Å²) in [6, 6.07) is 2.32. The first-order chi connectivity index (χ1) is 16.1. The topological polar surface area (TPSA) is 207 Å². The zero-order chi connectivity index (χ0) is 26.3. The number of anilines is 1. The lowest BCUT2D eigenvalue weighted by atomic mass is 10.1. The molecule has 1 aromatic heterocycles. The number of pyridine rings is 1. The Bertz CT molecular complexity index is 1310. The van der Waals surface area contributed by atoms with Gasteiger partial charge in [0.25, 0.3) is 0 Å². The number of fused-ring (bicyclic) bond motifs is 1. The van der Waals surface area contributed by atoms with Gasteiger partial charge in [-0.25, -0.2) is 14.0 Å². The third-order valence-corrected chi connectivity index (χ3v) is 8.55. The first kappa shape index (κ1) is 26.8. The second-order valence-electron chi connectivity index (χ2n) is 7.65. The zero-order valence-corrected chi connectivity index (χ0v) is 19.9. The van der Waals surface area contributed by atoms with E-state index in [0.717, 1.165) is 11.0 Å². The van der Waals surface area contributed by atoms with E-state index in [0.29, 0.717) is 12.1 Å². The van der Waals surface area contributed by atoms with Gasteiger partial charge in [0.15, 0.2) is 0 Å². The Kier molecular flexibility index (Phi) is 7.42. The number of rotatable bonds is 6. The van der Waals surface area contributed by atoms with Crippen LogP contribution in [-0.4, -0.2) is 78.0 Å². The van der Waals surface area contributed by atoms with Crippen LogP contribution < -0.4 is 10.3 Å². The van der Waals surface area contributed by atoms with E-state index in [1.54, 1.807) is 6.92 Å². The summed E-state index contributed by atoms with van der Waals surface area (Å²) in [5.74, 6) is -2.25. The number of carbonyl (C=O) groups excluding carboxylic acids is 1. The molecule has 0 unspecified atom stereocenters. The van der Waals surface area contributed by atoms with Crippen LogP contribution in [0.15, 0.2) is 23.1 Å². The predicted octanol–water partition coefficient (Wildman–Crippen LogP) is 0.756. The SMILES string of the molecule is CCn1cc(C(=O)O)c(=O)c2cc(F)c(N3CCN(C(=O)OC(P(=O)(O)O)P(=O)(O)O)CC3)cc21. The highest BCUT2D eigenvalue weighted by Gasteiger charge is 2.47. The van der Waals surface area contributed by atoms with Crippen LogP contribution in [-0.2, 0) is 20.4 Å². The van der Waals surface area contributed by atoms with E-state index in [4.69, 9.17) is 19.6 Å².